The number of hydrogen-bond acceptors (Lipinski definition) is 5. The highest BCUT2D eigenvalue weighted by molar-refractivity contribution is 7.92. The molecule has 0 spiro atoms. The molecule has 0 aromatic heterocycles. The maximum Gasteiger partial charge on any atom is 0.253 e. The Kier molecular flexibility index (Phi) is 8.65. The number of sulfonamides is 1. The van der Waals surface area contributed by atoms with Crippen molar-refractivity contribution in [3.8, 4) is 5.75 Å². The number of amides is 2. The van der Waals surface area contributed by atoms with Crippen LogP contribution in [-0.4, -0.2) is 45.7 Å². The average molecular weight is 462 g/mol. The number of carbonyl (C=O) groups is 2. The first-order chi connectivity index (χ1) is 15.0. The van der Waals surface area contributed by atoms with Gasteiger partial charge in [0.2, 0.25) is 15.9 Å². The molecule has 9 heteroatoms. The molecule has 2 amide bonds. The number of ether oxygens (including phenoxy) is 1. The lowest BCUT2D eigenvalue weighted by Crippen LogP contribution is -2.45. The lowest BCUT2D eigenvalue weighted by molar-refractivity contribution is -0.116. The van der Waals surface area contributed by atoms with Gasteiger partial charge in [0.1, 0.15) is 11.8 Å². The molecule has 0 aliphatic carbocycles. The topological polar surface area (TPSA) is 105 Å². The van der Waals surface area contributed by atoms with E-state index in [9.17, 15) is 18.0 Å². The molecule has 0 fully saturated rings. The summed E-state index contributed by atoms with van der Waals surface area (Å²) in [4.78, 5) is 25.6. The van der Waals surface area contributed by atoms with Gasteiger partial charge >= 0.3 is 0 Å². The molecular formula is C23H31N3O5S. The Morgan fingerprint density at radius 2 is 1.66 bits per heavy atom. The van der Waals surface area contributed by atoms with Crippen molar-refractivity contribution in [1.29, 1.82) is 0 Å². The third kappa shape index (κ3) is 6.71. The summed E-state index contributed by atoms with van der Waals surface area (Å²) in [6.45, 7) is 8.29. The van der Waals surface area contributed by atoms with Gasteiger partial charge in [-0.2, -0.15) is 0 Å². The molecule has 2 rings (SSSR count). The SMILES string of the molecule is CCOc1ccc(N([C@H](C)C(=O)Nc2ccccc2C(=O)NCC(C)C)S(C)(=O)=O)cc1. The molecule has 8 nitrogen and oxygen atoms in total. The van der Waals surface area contributed by atoms with Gasteiger partial charge in [-0.1, -0.05) is 26.0 Å². The molecule has 1 atom stereocenters. The second-order valence-corrected chi connectivity index (χ2v) is 9.66. The van der Waals surface area contributed by atoms with Crippen molar-refractivity contribution in [1.82, 2.24) is 5.32 Å². The van der Waals surface area contributed by atoms with Crippen LogP contribution in [0.25, 0.3) is 0 Å². The van der Waals surface area contributed by atoms with Crippen LogP contribution in [0, 0.1) is 5.92 Å². The standard InChI is InChI=1S/C23H31N3O5S/c1-6-31-19-13-11-18(12-14-19)26(32(5,29)30)17(4)22(27)25-21-10-8-7-9-20(21)23(28)24-15-16(2)3/h7-14,16-17H,6,15H2,1-5H3,(H,24,28)(H,25,27)/t17-/m1/s1. The van der Waals surface area contributed by atoms with Crippen molar-refractivity contribution in [2.45, 2.75) is 33.7 Å². The highest BCUT2D eigenvalue weighted by Crippen LogP contribution is 2.25. The number of anilines is 2. The lowest BCUT2D eigenvalue weighted by Gasteiger charge is -2.28. The molecule has 0 bridgehead atoms. The normalized spacial score (nSPS) is 12.2. The maximum atomic E-state index is 13.0. The predicted octanol–water partition coefficient (Wildman–Crippen LogP) is 3.26. The Hall–Kier alpha value is -3.07. The zero-order valence-electron chi connectivity index (χ0n) is 19.1. The summed E-state index contributed by atoms with van der Waals surface area (Å²) in [6, 6.07) is 12.0. The summed E-state index contributed by atoms with van der Waals surface area (Å²) in [7, 11) is -3.77. The number of benzene rings is 2. The fourth-order valence-electron chi connectivity index (χ4n) is 3.08. The van der Waals surface area contributed by atoms with Crippen molar-refractivity contribution in [2.24, 2.45) is 5.92 Å². The van der Waals surface area contributed by atoms with Crippen molar-refractivity contribution < 1.29 is 22.7 Å². The van der Waals surface area contributed by atoms with Crippen LogP contribution in [0.1, 0.15) is 38.1 Å². The van der Waals surface area contributed by atoms with Gasteiger partial charge in [-0.25, -0.2) is 8.42 Å². The van der Waals surface area contributed by atoms with Crippen LogP contribution in [0.4, 0.5) is 11.4 Å². The second kappa shape index (κ2) is 11.0. The van der Waals surface area contributed by atoms with Crippen molar-refractivity contribution in [2.75, 3.05) is 29.0 Å². The van der Waals surface area contributed by atoms with Crippen molar-refractivity contribution in [3.05, 3.63) is 54.1 Å². The fourth-order valence-corrected chi connectivity index (χ4v) is 4.26. The first-order valence-electron chi connectivity index (χ1n) is 10.4. The molecule has 2 N–H and O–H groups in total. The minimum Gasteiger partial charge on any atom is -0.494 e. The summed E-state index contributed by atoms with van der Waals surface area (Å²) >= 11 is 0. The number of rotatable bonds is 10. The van der Waals surface area contributed by atoms with Gasteiger partial charge in [0.15, 0.2) is 0 Å². The van der Waals surface area contributed by atoms with Crippen LogP contribution in [0.3, 0.4) is 0 Å². The Bertz CT molecular complexity index is 1040. The largest absolute Gasteiger partial charge is 0.494 e. The van der Waals surface area contributed by atoms with Gasteiger partial charge in [-0.15, -0.1) is 0 Å². The summed E-state index contributed by atoms with van der Waals surface area (Å²) in [5.74, 6) is 0.00320. The van der Waals surface area contributed by atoms with E-state index in [1.165, 1.54) is 6.92 Å². The Labute approximate surface area is 190 Å². The van der Waals surface area contributed by atoms with E-state index in [-0.39, 0.29) is 11.8 Å². The monoisotopic (exact) mass is 461 g/mol. The predicted molar refractivity (Wildman–Crippen MR) is 127 cm³/mol. The molecule has 0 unspecified atom stereocenters. The summed E-state index contributed by atoms with van der Waals surface area (Å²) < 4.78 is 31.5. The Balaban J connectivity index is 2.27. The van der Waals surface area contributed by atoms with E-state index in [1.54, 1.807) is 48.5 Å². The Morgan fingerprint density at radius 1 is 1.03 bits per heavy atom. The lowest BCUT2D eigenvalue weighted by atomic mass is 10.1. The third-order valence-corrected chi connectivity index (χ3v) is 5.83. The number of carbonyl (C=O) groups excluding carboxylic acids is 2. The van der Waals surface area contributed by atoms with Gasteiger partial charge in [-0.3, -0.25) is 13.9 Å². The molecule has 0 aliphatic heterocycles. The number of hydrogen-bond donors (Lipinski definition) is 2. The van der Waals surface area contributed by atoms with Gasteiger partial charge in [0.05, 0.1) is 29.8 Å². The summed E-state index contributed by atoms with van der Waals surface area (Å²) in [6.07, 6.45) is 1.04. The molecule has 2 aromatic rings. The van der Waals surface area contributed by atoms with Crippen LogP contribution < -0.4 is 19.7 Å². The average Bonchev–Trinajstić information content (AvgIpc) is 2.73. The zero-order valence-corrected chi connectivity index (χ0v) is 19.9. The van der Waals surface area contributed by atoms with Crippen LogP contribution in [0.5, 0.6) is 5.75 Å². The number of para-hydroxylation sites is 1. The molecule has 0 radical (unpaired) electrons. The quantitative estimate of drug-likeness (QED) is 0.565. The summed E-state index contributed by atoms with van der Waals surface area (Å²) in [5, 5.41) is 5.52. The molecule has 0 heterocycles. The van der Waals surface area contributed by atoms with E-state index in [2.05, 4.69) is 10.6 Å². The molecular weight excluding hydrogens is 430 g/mol. The van der Waals surface area contributed by atoms with E-state index < -0.39 is 22.0 Å². The second-order valence-electron chi connectivity index (χ2n) is 7.80. The first-order valence-corrected chi connectivity index (χ1v) is 12.3. The molecule has 0 saturated heterocycles. The van der Waals surface area contributed by atoms with Gasteiger partial charge < -0.3 is 15.4 Å². The van der Waals surface area contributed by atoms with E-state index >= 15 is 0 Å². The van der Waals surface area contributed by atoms with Crippen molar-refractivity contribution >= 4 is 33.2 Å². The van der Waals surface area contributed by atoms with Crippen LogP contribution in [0.2, 0.25) is 0 Å². The number of nitrogens with one attached hydrogen (secondary N) is 2. The van der Waals surface area contributed by atoms with Crippen LogP contribution in [-0.2, 0) is 14.8 Å². The Morgan fingerprint density at radius 3 is 2.22 bits per heavy atom. The maximum absolute atomic E-state index is 13.0. The van der Waals surface area contributed by atoms with Gasteiger partial charge in [0, 0.05) is 6.54 Å². The summed E-state index contributed by atoms with van der Waals surface area (Å²) in [5.41, 5.74) is 0.952. The minimum atomic E-state index is -3.77. The van der Waals surface area contributed by atoms with Crippen molar-refractivity contribution in [3.63, 3.8) is 0 Å². The molecule has 2 aromatic carbocycles. The fraction of sp³-hybridized carbons (Fsp3) is 0.391. The van der Waals surface area contributed by atoms with E-state index in [1.807, 2.05) is 20.8 Å². The van der Waals surface area contributed by atoms with Crippen LogP contribution in [0.15, 0.2) is 48.5 Å². The highest BCUT2D eigenvalue weighted by atomic mass is 32.2. The molecule has 32 heavy (non-hydrogen) atoms. The highest BCUT2D eigenvalue weighted by Gasteiger charge is 2.30. The third-order valence-electron chi connectivity index (χ3n) is 4.59. The minimum absolute atomic E-state index is 0.276. The van der Waals surface area contributed by atoms with Crippen LogP contribution >= 0.6 is 0 Å². The smallest absolute Gasteiger partial charge is 0.253 e. The van der Waals surface area contributed by atoms with Gasteiger partial charge in [0.25, 0.3) is 5.91 Å². The van der Waals surface area contributed by atoms with Gasteiger partial charge in [-0.05, 0) is 56.2 Å². The molecule has 174 valence electrons. The zero-order chi connectivity index (χ0) is 23.9. The van der Waals surface area contributed by atoms with E-state index in [0.717, 1.165) is 10.6 Å². The first kappa shape index (κ1) is 25.2. The molecule has 0 aliphatic rings. The number of nitrogens with zero attached hydrogens (tertiary/aromatic N) is 1. The van der Waals surface area contributed by atoms with E-state index in [0.29, 0.717) is 35.8 Å². The van der Waals surface area contributed by atoms with E-state index in [4.69, 9.17) is 4.74 Å². The molecule has 0 saturated carbocycles.